The van der Waals surface area contributed by atoms with E-state index >= 15 is 0 Å². The van der Waals surface area contributed by atoms with Crippen molar-refractivity contribution in [1.82, 2.24) is 4.98 Å². The van der Waals surface area contributed by atoms with Crippen LogP contribution in [0.2, 0.25) is 5.15 Å². The molecule has 0 fully saturated rings. The number of pyridine rings is 1. The van der Waals surface area contributed by atoms with Crippen LogP contribution in [-0.4, -0.2) is 13.4 Å². The zero-order valence-corrected chi connectivity index (χ0v) is 11.7. The van der Waals surface area contributed by atoms with E-state index < -0.39 is 10.0 Å². The summed E-state index contributed by atoms with van der Waals surface area (Å²) in [5.74, 6) is 0. The Labute approximate surface area is 116 Å². The molecule has 0 amide bonds. The third-order valence-electron chi connectivity index (χ3n) is 2.54. The quantitative estimate of drug-likeness (QED) is 0.673. The molecule has 0 unspecified atom stereocenters. The highest BCUT2D eigenvalue weighted by Gasteiger charge is 2.15. The molecule has 2 rings (SSSR count). The van der Waals surface area contributed by atoms with Crippen LogP contribution in [0.5, 0.6) is 0 Å². The summed E-state index contributed by atoms with van der Waals surface area (Å²) in [6.07, 6.45) is 1.42. The highest BCUT2D eigenvalue weighted by molar-refractivity contribution is 7.92. The van der Waals surface area contributed by atoms with Crippen LogP contribution in [0, 0.1) is 6.92 Å². The molecule has 1 aromatic heterocycles. The standard InChI is InChI=1S/C12H12ClN3O2S/c1-8-2-3-10(7-11(8)14)19(17,18)16-9-4-5-15-12(13)6-9/h2-7H,14H2,1H3,(H,15,16). The van der Waals surface area contributed by atoms with Crippen molar-refractivity contribution < 1.29 is 8.42 Å². The van der Waals surface area contributed by atoms with Crippen molar-refractivity contribution in [3.63, 3.8) is 0 Å². The fourth-order valence-corrected chi connectivity index (χ4v) is 2.72. The van der Waals surface area contributed by atoms with Crippen LogP contribution in [0.25, 0.3) is 0 Å². The molecule has 3 N–H and O–H groups in total. The number of nitrogens with one attached hydrogen (secondary N) is 1. The summed E-state index contributed by atoms with van der Waals surface area (Å²) in [4.78, 5) is 3.88. The van der Waals surface area contributed by atoms with Crippen molar-refractivity contribution in [2.45, 2.75) is 11.8 Å². The maximum atomic E-state index is 12.1. The van der Waals surface area contributed by atoms with Crippen molar-refractivity contribution in [1.29, 1.82) is 0 Å². The third-order valence-corrected chi connectivity index (χ3v) is 4.13. The van der Waals surface area contributed by atoms with Crippen molar-refractivity contribution in [3.05, 3.63) is 47.2 Å². The van der Waals surface area contributed by atoms with E-state index in [0.29, 0.717) is 11.4 Å². The molecule has 1 aromatic carbocycles. The first-order chi connectivity index (χ1) is 8.88. The molecule has 7 heteroatoms. The molecule has 0 saturated heterocycles. The van der Waals surface area contributed by atoms with Gasteiger partial charge in [-0.25, -0.2) is 13.4 Å². The Balaban J connectivity index is 2.35. The number of sulfonamides is 1. The zero-order chi connectivity index (χ0) is 14.0. The minimum absolute atomic E-state index is 0.100. The Morgan fingerprint density at radius 1 is 1.26 bits per heavy atom. The predicted molar refractivity (Wildman–Crippen MR) is 75.6 cm³/mol. The van der Waals surface area contributed by atoms with Gasteiger partial charge in [0, 0.05) is 11.9 Å². The van der Waals surface area contributed by atoms with Gasteiger partial charge in [0.05, 0.1) is 10.6 Å². The molecular weight excluding hydrogens is 286 g/mol. The first-order valence-corrected chi connectivity index (χ1v) is 7.25. The highest BCUT2D eigenvalue weighted by atomic mass is 35.5. The topological polar surface area (TPSA) is 85.1 Å². The molecule has 0 spiro atoms. The molecular formula is C12H12ClN3O2S. The molecule has 0 aliphatic rings. The molecule has 19 heavy (non-hydrogen) atoms. The lowest BCUT2D eigenvalue weighted by Gasteiger charge is -2.09. The van der Waals surface area contributed by atoms with Gasteiger partial charge in [0.1, 0.15) is 5.15 Å². The number of nitrogens with zero attached hydrogens (tertiary/aromatic N) is 1. The molecule has 100 valence electrons. The van der Waals surface area contributed by atoms with Crippen molar-refractivity contribution in [2.24, 2.45) is 0 Å². The van der Waals surface area contributed by atoms with Crippen molar-refractivity contribution in [2.75, 3.05) is 10.5 Å². The lowest BCUT2D eigenvalue weighted by molar-refractivity contribution is 0.601. The van der Waals surface area contributed by atoms with E-state index in [1.165, 1.54) is 30.5 Å². The van der Waals surface area contributed by atoms with Gasteiger partial charge >= 0.3 is 0 Å². The Bertz CT molecular complexity index is 717. The van der Waals surface area contributed by atoms with Gasteiger partial charge in [0.15, 0.2) is 0 Å². The molecule has 0 atom stereocenters. The Morgan fingerprint density at radius 2 is 2.00 bits per heavy atom. The maximum absolute atomic E-state index is 12.1. The number of benzene rings is 1. The SMILES string of the molecule is Cc1ccc(S(=O)(=O)Nc2ccnc(Cl)c2)cc1N. The summed E-state index contributed by atoms with van der Waals surface area (Å²) in [5, 5.41) is 0.212. The average Bonchev–Trinajstić information content (AvgIpc) is 2.32. The van der Waals surface area contributed by atoms with Crippen LogP contribution in [0.3, 0.4) is 0 Å². The van der Waals surface area contributed by atoms with Gasteiger partial charge in [0.2, 0.25) is 0 Å². The largest absolute Gasteiger partial charge is 0.398 e. The number of hydrogen-bond acceptors (Lipinski definition) is 4. The first kappa shape index (κ1) is 13.6. The third kappa shape index (κ3) is 3.15. The van der Waals surface area contributed by atoms with Gasteiger partial charge in [-0.1, -0.05) is 17.7 Å². The van der Waals surface area contributed by atoms with Crippen LogP contribution in [-0.2, 0) is 10.0 Å². The van der Waals surface area contributed by atoms with Crippen LogP contribution in [0.1, 0.15) is 5.56 Å². The number of halogens is 1. The van der Waals surface area contributed by atoms with E-state index in [1.807, 2.05) is 6.92 Å². The minimum atomic E-state index is -3.69. The second kappa shape index (κ2) is 5.07. The second-order valence-corrected chi connectivity index (χ2v) is 6.06. The Hall–Kier alpha value is -1.79. The molecule has 0 saturated carbocycles. The Morgan fingerprint density at radius 3 is 2.63 bits per heavy atom. The molecule has 0 aliphatic heterocycles. The molecule has 1 heterocycles. The summed E-state index contributed by atoms with van der Waals surface area (Å²) in [7, 11) is -3.69. The average molecular weight is 298 g/mol. The first-order valence-electron chi connectivity index (χ1n) is 5.39. The lowest BCUT2D eigenvalue weighted by Crippen LogP contribution is -2.13. The van der Waals surface area contributed by atoms with Gasteiger partial charge in [-0.2, -0.15) is 0 Å². The van der Waals surface area contributed by atoms with Crippen molar-refractivity contribution in [3.8, 4) is 0 Å². The predicted octanol–water partition coefficient (Wildman–Crippen LogP) is 2.43. The van der Waals surface area contributed by atoms with E-state index in [0.717, 1.165) is 5.56 Å². The zero-order valence-electron chi connectivity index (χ0n) is 10.1. The molecule has 2 aromatic rings. The highest BCUT2D eigenvalue weighted by Crippen LogP contribution is 2.21. The lowest BCUT2D eigenvalue weighted by atomic mass is 10.2. The summed E-state index contributed by atoms with van der Waals surface area (Å²) in [6.45, 7) is 1.81. The number of hydrogen-bond donors (Lipinski definition) is 2. The van der Waals surface area contributed by atoms with Gasteiger partial charge < -0.3 is 5.73 Å². The normalized spacial score (nSPS) is 11.3. The maximum Gasteiger partial charge on any atom is 0.261 e. The number of rotatable bonds is 3. The summed E-state index contributed by atoms with van der Waals surface area (Å²) in [5.41, 5.74) is 7.31. The van der Waals surface area contributed by atoms with Gasteiger partial charge in [-0.15, -0.1) is 0 Å². The number of aromatic nitrogens is 1. The van der Waals surface area contributed by atoms with E-state index in [2.05, 4.69) is 9.71 Å². The van der Waals surface area contributed by atoms with Gasteiger partial charge in [-0.05, 0) is 36.8 Å². The second-order valence-electron chi connectivity index (χ2n) is 3.99. The molecule has 0 radical (unpaired) electrons. The number of nitrogen functional groups attached to an aromatic ring is 1. The molecule has 5 nitrogen and oxygen atoms in total. The smallest absolute Gasteiger partial charge is 0.261 e. The minimum Gasteiger partial charge on any atom is -0.398 e. The van der Waals surface area contributed by atoms with E-state index in [-0.39, 0.29) is 10.0 Å². The van der Waals surface area contributed by atoms with Crippen LogP contribution >= 0.6 is 11.6 Å². The van der Waals surface area contributed by atoms with Crippen molar-refractivity contribution >= 4 is 33.0 Å². The summed E-state index contributed by atoms with van der Waals surface area (Å²) in [6, 6.07) is 7.51. The van der Waals surface area contributed by atoms with E-state index in [4.69, 9.17) is 17.3 Å². The van der Waals surface area contributed by atoms with Crippen LogP contribution in [0.15, 0.2) is 41.4 Å². The number of aryl methyl sites for hydroxylation is 1. The van der Waals surface area contributed by atoms with Crippen LogP contribution in [0.4, 0.5) is 11.4 Å². The Kier molecular flexibility index (Phi) is 3.64. The monoisotopic (exact) mass is 297 g/mol. The van der Waals surface area contributed by atoms with Crippen LogP contribution < -0.4 is 10.5 Å². The van der Waals surface area contributed by atoms with Gasteiger partial charge in [-0.3, -0.25) is 4.72 Å². The fourth-order valence-electron chi connectivity index (χ4n) is 1.47. The molecule has 0 bridgehead atoms. The van der Waals surface area contributed by atoms with E-state index in [1.54, 1.807) is 6.07 Å². The van der Waals surface area contributed by atoms with E-state index in [9.17, 15) is 8.42 Å². The summed E-state index contributed by atoms with van der Waals surface area (Å²) >= 11 is 5.70. The summed E-state index contributed by atoms with van der Waals surface area (Å²) < 4.78 is 26.7. The molecule has 0 aliphatic carbocycles. The number of nitrogens with two attached hydrogens (primary N) is 1. The van der Waals surface area contributed by atoms with Gasteiger partial charge in [0.25, 0.3) is 10.0 Å². The fraction of sp³-hybridized carbons (Fsp3) is 0.0833. The number of anilines is 2.